The highest BCUT2D eigenvalue weighted by atomic mass is 16.4. The SMILES string of the molecule is O=C(O)c1ccc(C#Cc2ccccc2C#Cc2ccc(C(=O)O)cc2)cc1. The van der Waals surface area contributed by atoms with Crippen molar-refractivity contribution in [2.24, 2.45) is 0 Å². The molecule has 0 atom stereocenters. The van der Waals surface area contributed by atoms with Crippen LogP contribution in [0.3, 0.4) is 0 Å². The molecule has 0 bridgehead atoms. The molecular formula is C24H14O4. The van der Waals surface area contributed by atoms with E-state index in [2.05, 4.69) is 23.7 Å². The highest BCUT2D eigenvalue weighted by molar-refractivity contribution is 5.88. The Hall–Kier alpha value is -4.28. The molecule has 0 amide bonds. The van der Waals surface area contributed by atoms with Gasteiger partial charge in [0.15, 0.2) is 0 Å². The third-order valence-electron chi connectivity index (χ3n) is 3.87. The Morgan fingerprint density at radius 3 is 1.21 bits per heavy atom. The van der Waals surface area contributed by atoms with Crippen molar-refractivity contribution in [2.75, 3.05) is 0 Å². The van der Waals surface area contributed by atoms with Gasteiger partial charge in [-0.25, -0.2) is 9.59 Å². The maximum Gasteiger partial charge on any atom is 0.335 e. The van der Waals surface area contributed by atoms with Gasteiger partial charge in [0.05, 0.1) is 11.1 Å². The number of carboxylic acid groups (broad SMARTS) is 2. The first kappa shape index (κ1) is 18.5. The first-order chi connectivity index (χ1) is 13.5. The van der Waals surface area contributed by atoms with E-state index in [-0.39, 0.29) is 11.1 Å². The fourth-order valence-electron chi connectivity index (χ4n) is 2.37. The molecule has 0 saturated carbocycles. The minimum absolute atomic E-state index is 0.214. The van der Waals surface area contributed by atoms with Crippen LogP contribution in [0.25, 0.3) is 0 Å². The first-order valence-corrected chi connectivity index (χ1v) is 8.33. The van der Waals surface area contributed by atoms with Crippen molar-refractivity contribution in [3.8, 4) is 23.7 Å². The van der Waals surface area contributed by atoms with Gasteiger partial charge < -0.3 is 10.2 Å². The van der Waals surface area contributed by atoms with Crippen LogP contribution in [0.2, 0.25) is 0 Å². The van der Waals surface area contributed by atoms with Gasteiger partial charge in [-0.3, -0.25) is 0 Å². The first-order valence-electron chi connectivity index (χ1n) is 8.33. The van der Waals surface area contributed by atoms with Gasteiger partial charge in [0.25, 0.3) is 0 Å². The number of carboxylic acids is 2. The Balaban J connectivity index is 1.85. The normalized spacial score (nSPS) is 9.43. The van der Waals surface area contributed by atoms with Gasteiger partial charge in [-0.15, -0.1) is 0 Å². The molecular weight excluding hydrogens is 352 g/mol. The van der Waals surface area contributed by atoms with Crippen LogP contribution >= 0.6 is 0 Å². The van der Waals surface area contributed by atoms with Crippen LogP contribution < -0.4 is 0 Å². The minimum Gasteiger partial charge on any atom is -0.478 e. The van der Waals surface area contributed by atoms with Crippen molar-refractivity contribution in [2.45, 2.75) is 0 Å². The van der Waals surface area contributed by atoms with E-state index in [0.29, 0.717) is 11.1 Å². The highest BCUT2D eigenvalue weighted by Crippen LogP contribution is 2.09. The quantitative estimate of drug-likeness (QED) is 0.675. The summed E-state index contributed by atoms with van der Waals surface area (Å²) in [4.78, 5) is 21.8. The second-order valence-corrected chi connectivity index (χ2v) is 5.81. The lowest BCUT2D eigenvalue weighted by molar-refractivity contribution is 0.0686. The summed E-state index contributed by atoms with van der Waals surface area (Å²) in [5, 5.41) is 17.9. The third-order valence-corrected chi connectivity index (χ3v) is 3.87. The molecule has 0 aliphatic carbocycles. The summed E-state index contributed by atoms with van der Waals surface area (Å²) in [6.45, 7) is 0. The molecule has 0 spiro atoms. The molecule has 4 heteroatoms. The van der Waals surface area contributed by atoms with Crippen LogP contribution in [0.5, 0.6) is 0 Å². The molecule has 0 aliphatic heterocycles. The minimum atomic E-state index is -0.975. The van der Waals surface area contributed by atoms with Crippen molar-refractivity contribution in [3.63, 3.8) is 0 Å². The second kappa shape index (κ2) is 8.40. The molecule has 28 heavy (non-hydrogen) atoms. The smallest absolute Gasteiger partial charge is 0.335 e. The van der Waals surface area contributed by atoms with Crippen LogP contribution in [0.4, 0.5) is 0 Å². The van der Waals surface area contributed by atoms with Gasteiger partial charge in [0, 0.05) is 22.3 Å². The lowest BCUT2D eigenvalue weighted by Crippen LogP contribution is -1.95. The molecule has 3 aromatic rings. The van der Waals surface area contributed by atoms with Gasteiger partial charge in [-0.1, -0.05) is 35.8 Å². The molecule has 0 radical (unpaired) electrons. The number of hydrogen-bond donors (Lipinski definition) is 2. The van der Waals surface area contributed by atoms with Crippen LogP contribution in [0.1, 0.15) is 43.0 Å². The molecule has 3 rings (SSSR count). The lowest BCUT2D eigenvalue weighted by atomic mass is 10.1. The van der Waals surface area contributed by atoms with Gasteiger partial charge in [0.1, 0.15) is 0 Å². The molecule has 3 aromatic carbocycles. The van der Waals surface area contributed by atoms with Gasteiger partial charge in [-0.05, 0) is 60.7 Å². The van der Waals surface area contributed by atoms with Crippen LogP contribution in [-0.2, 0) is 0 Å². The van der Waals surface area contributed by atoms with E-state index >= 15 is 0 Å². The summed E-state index contributed by atoms with van der Waals surface area (Å²) in [5.41, 5.74) is 3.34. The van der Waals surface area contributed by atoms with Crippen LogP contribution in [-0.4, -0.2) is 22.2 Å². The van der Waals surface area contributed by atoms with E-state index in [4.69, 9.17) is 10.2 Å². The third kappa shape index (κ3) is 4.66. The highest BCUT2D eigenvalue weighted by Gasteiger charge is 2.01. The summed E-state index contributed by atoms with van der Waals surface area (Å²) in [6.07, 6.45) is 0. The Bertz CT molecular complexity index is 1050. The van der Waals surface area contributed by atoms with E-state index in [0.717, 1.165) is 11.1 Å². The summed E-state index contributed by atoms with van der Waals surface area (Å²) in [7, 11) is 0. The van der Waals surface area contributed by atoms with Gasteiger partial charge in [0.2, 0.25) is 0 Å². The fourth-order valence-corrected chi connectivity index (χ4v) is 2.37. The number of aromatic carboxylic acids is 2. The molecule has 0 aromatic heterocycles. The number of carbonyl (C=O) groups is 2. The van der Waals surface area contributed by atoms with Gasteiger partial charge >= 0.3 is 11.9 Å². The molecule has 0 unspecified atom stereocenters. The Labute approximate surface area is 162 Å². The van der Waals surface area contributed by atoms with E-state index < -0.39 is 11.9 Å². The zero-order chi connectivity index (χ0) is 19.9. The van der Waals surface area contributed by atoms with E-state index in [1.165, 1.54) is 24.3 Å². The maximum atomic E-state index is 10.9. The molecule has 2 N–H and O–H groups in total. The molecule has 0 aliphatic rings. The standard InChI is InChI=1S/C24H14O4/c25-23(26)21-13-7-17(8-14-21)5-11-19-3-1-2-4-20(19)12-6-18-9-15-22(16-10-18)24(27)28/h1-4,7-10,13-16H,(H,25,26)(H,27,28). The summed E-state index contributed by atoms with van der Waals surface area (Å²) in [6, 6.07) is 20.1. The zero-order valence-electron chi connectivity index (χ0n) is 14.6. The monoisotopic (exact) mass is 366 g/mol. The zero-order valence-corrected chi connectivity index (χ0v) is 14.6. The number of rotatable bonds is 2. The predicted molar refractivity (Wildman–Crippen MR) is 105 cm³/mol. The molecule has 134 valence electrons. The fraction of sp³-hybridized carbons (Fsp3) is 0. The lowest BCUT2D eigenvalue weighted by Gasteiger charge is -1.97. The number of hydrogen-bond acceptors (Lipinski definition) is 2. The van der Waals surface area contributed by atoms with Crippen molar-refractivity contribution >= 4 is 11.9 Å². The Morgan fingerprint density at radius 1 is 0.536 bits per heavy atom. The molecule has 0 heterocycles. The molecule has 0 saturated heterocycles. The van der Waals surface area contributed by atoms with E-state index in [1.807, 2.05) is 24.3 Å². The maximum absolute atomic E-state index is 10.9. The van der Waals surface area contributed by atoms with Crippen LogP contribution in [0.15, 0.2) is 72.8 Å². The average Bonchev–Trinajstić information content (AvgIpc) is 2.72. The summed E-state index contributed by atoms with van der Waals surface area (Å²) >= 11 is 0. The van der Waals surface area contributed by atoms with Crippen molar-refractivity contribution in [3.05, 3.63) is 106 Å². The van der Waals surface area contributed by atoms with Crippen LogP contribution in [0, 0.1) is 23.7 Å². The second-order valence-electron chi connectivity index (χ2n) is 5.81. The largest absolute Gasteiger partial charge is 0.478 e. The Morgan fingerprint density at radius 2 is 0.893 bits per heavy atom. The topological polar surface area (TPSA) is 74.6 Å². The van der Waals surface area contributed by atoms with Gasteiger partial charge in [-0.2, -0.15) is 0 Å². The molecule has 4 nitrogen and oxygen atoms in total. The number of benzene rings is 3. The average molecular weight is 366 g/mol. The van der Waals surface area contributed by atoms with Crippen molar-refractivity contribution < 1.29 is 19.8 Å². The Kier molecular flexibility index (Phi) is 5.55. The molecule has 0 fully saturated rings. The van der Waals surface area contributed by atoms with E-state index in [9.17, 15) is 9.59 Å². The summed E-state index contributed by atoms with van der Waals surface area (Å²) < 4.78 is 0. The predicted octanol–water partition coefficient (Wildman–Crippen LogP) is 3.88. The summed E-state index contributed by atoms with van der Waals surface area (Å²) in [5.74, 6) is 10.2. The van der Waals surface area contributed by atoms with Crippen molar-refractivity contribution in [1.82, 2.24) is 0 Å². The van der Waals surface area contributed by atoms with Crippen molar-refractivity contribution in [1.29, 1.82) is 0 Å². The van der Waals surface area contributed by atoms with E-state index in [1.54, 1.807) is 24.3 Å².